The second kappa shape index (κ2) is 9.28. The molecule has 1 aliphatic heterocycles. The molecule has 6 rings (SSSR count). The molecule has 1 aliphatic carbocycles. The number of fused-ring (bicyclic) bond motifs is 1. The third kappa shape index (κ3) is 4.62. The van der Waals surface area contributed by atoms with E-state index in [0.29, 0.717) is 29.6 Å². The minimum atomic E-state index is -0.507. The van der Waals surface area contributed by atoms with Crippen molar-refractivity contribution in [2.24, 2.45) is 5.92 Å². The lowest BCUT2D eigenvalue weighted by molar-refractivity contribution is 0.00439. The van der Waals surface area contributed by atoms with Crippen molar-refractivity contribution in [2.45, 2.75) is 51.4 Å². The average molecular weight is 498 g/mol. The maximum atomic E-state index is 13.0. The maximum absolute atomic E-state index is 13.0. The first kappa shape index (κ1) is 23.1. The Kier molecular flexibility index (Phi) is 5.80. The maximum Gasteiger partial charge on any atom is 0.415 e. The number of imidazole rings is 1. The van der Waals surface area contributed by atoms with Crippen molar-refractivity contribution in [2.75, 3.05) is 11.4 Å². The lowest BCUT2D eigenvalue weighted by Gasteiger charge is -2.36. The lowest BCUT2D eigenvalue weighted by Crippen LogP contribution is -2.40. The molecule has 2 atom stereocenters. The minimum Gasteiger partial charge on any atom is -0.487 e. The standard InChI is InChI=1S/C28H27N5O4/c1-19-11-22(31-37-19)16-35-24-7-3-6-23(13-24)33-17-28(36-27(33)34)10-4-5-20(14-28)15-32-18-30-25-9-8-21(29-2)12-26(25)32/h3,6-9,11-13,18,20H,4-5,10,14-17H2,1H3/t20-,28?/m0/s1. The van der Waals surface area contributed by atoms with Gasteiger partial charge in [-0.25, -0.2) is 14.6 Å². The number of amides is 1. The van der Waals surface area contributed by atoms with Crippen LogP contribution in [0.15, 0.2) is 59.4 Å². The normalized spacial score (nSPS) is 21.4. The van der Waals surface area contributed by atoms with Gasteiger partial charge in [0.25, 0.3) is 0 Å². The van der Waals surface area contributed by atoms with E-state index in [9.17, 15) is 4.79 Å². The molecule has 0 radical (unpaired) electrons. The Morgan fingerprint density at radius 3 is 3.00 bits per heavy atom. The van der Waals surface area contributed by atoms with Gasteiger partial charge >= 0.3 is 6.09 Å². The van der Waals surface area contributed by atoms with Crippen LogP contribution in [0.2, 0.25) is 0 Å². The summed E-state index contributed by atoms with van der Waals surface area (Å²) in [5, 5.41) is 3.96. The summed E-state index contributed by atoms with van der Waals surface area (Å²) in [4.78, 5) is 22.8. The molecular formula is C28H27N5O4. The highest BCUT2D eigenvalue weighted by atomic mass is 16.6. The van der Waals surface area contributed by atoms with Gasteiger partial charge in [0.15, 0.2) is 5.69 Å². The molecule has 9 nitrogen and oxygen atoms in total. The van der Waals surface area contributed by atoms with Crippen molar-refractivity contribution in [3.05, 3.63) is 77.7 Å². The van der Waals surface area contributed by atoms with Gasteiger partial charge < -0.3 is 18.6 Å². The molecule has 188 valence electrons. The number of aromatic nitrogens is 3. The summed E-state index contributed by atoms with van der Waals surface area (Å²) in [5.74, 6) is 1.73. The van der Waals surface area contributed by atoms with Gasteiger partial charge in [0.2, 0.25) is 0 Å². The quantitative estimate of drug-likeness (QED) is 0.302. The van der Waals surface area contributed by atoms with Crippen LogP contribution < -0.4 is 9.64 Å². The second-order valence-electron chi connectivity index (χ2n) is 10.00. The van der Waals surface area contributed by atoms with E-state index in [1.807, 2.05) is 55.7 Å². The van der Waals surface area contributed by atoms with E-state index >= 15 is 0 Å². The van der Waals surface area contributed by atoms with Gasteiger partial charge in [-0.05, 0) is 62.8 Å². The molecule has 4 aromatic rings. The molecule has 2 aromatic heterocycles. The smallest absolute Gasteiger partial charge is 0.415 e. The number of benzene rings is 2. The fourth-order valence-electron chi connectivity index (χ4n) is 5.58. The van der Waals surface area contributed by atoms with E-state index in [4.69, 9.17) is 20.6 Å². The van der Waals surface area contributed by atoms with E-state index in [1.165, 1.54) is 0 Å². The zero-order valence-electron chi connectivity index (χ0n) is 20.6. The molecule has 1 unspecified atom stereocenters. The molecule has 2 aromatic carbocycles. The SMILES string of the molecule is [C-]#[N+]c1ccc2ncn(C[C@H]3CCCC4(C3)CN(c3cccc(OCc5cc(C)on5)c3)C(=O)O4)c2c1. The van der Waals surface area contributed by atoms with Crippen LogP contribution in [0.25, 0.3) is 15.9 Å². The highest BCUT2D eigenvalue weighted by molar-refractivity contribution is 5.90. The van der Waals surface area contributed by atoms with Crippen LogP contribution in [0, 0.1) is 19.4 Å². The minimum absolute atomic E-state index is 0.289. The zero-order valence-corrected chi connectivity index (χ0v) is 20.6. The molecular weight excluding hydrogens is 470 g/mol. The van der Waals surface area contributed by atoms with Gasteiger partial charge in [-0.15, -0.1) is 0 Å². The van der Waals surface area contributed by atoms with Gasteiger partial charge in [0, 0.05) is 18.7 Å². The van der Waals surface area contributed by atoms with Crippen molar-refractivity contribution in [3.63, 3.8) is 0 Å². The van der Waals surface area contributed by atoms with Crippen molar-refractivity contribution < 1.29 is 18.8 Å². The molecule has 0 N–H and O–H groups in total. The monoisotopic (exact) mass is 497 g/mol. The third-order valence-electron chi connectivity index (χ3n) is 7.26. The summed E-state index contributed by atoms with van der Waals surface area (Å²) in [6, 6.07) is 14.9. The van der Waals surface area contributed by atoms with E-state index in [2.05, 4.69) is 19.6 Å². The van der Waals surface area contributed by atoms with Crippen molar-refractivity contribution in [3.8, 4) is 5.75 Å². The summed E-state index contributed by atoms with van der Waals surface area (Å²) in [6.07, 6.45) is 5.22. The average Bonchev–Trinajstić information content (AvgIpc) is 3.60. The number of ether oxygens (including phenoxy) is 2. The first-order valence-electron chi connectivity index (χ1n) is 12.5. The summed E-state index contributed by atoms with van der Waals surface area (Å²) < 4.78 is 19.2. The van der Waals surface area contributed by atoms with Crippen LogP contribution in [0.3, 0.4) is 0 Å². The van der Waals surface area contributed by atoms with Crippen LogP contribution in [-0.4, -0.2) is 32.9 Å². The predicted octanol–water partition coefficient (Wildman–Crippen LogP) is 6.05. The highest BCUT2D eigenvalue weighted by Gasteiger charge is 2.48. The van der Waals surface area contributed by atoms with Crippen LogP contribution in [-0.2, 0) is 17.9 Å². The summed E-state index contributed by atoms with van der Waals surface area (Å²) in [7, 11) is 0. The Morgan fingerprint density at radius 2 is 2.16 bits per heavy atom. The highest BCUT2D eigenvalue weighted by Crippen LogP contribution is 2.42. The molecule has 1 spiro atoms. The van der Waals surface area contributed by atoms with E-state index in [1.54, 1.807) is 11.0 Å². The molecule has 37 heavy (non-hydrogen) atoms. The Hall–Kier alpha value is -4.32. The van der Waals surface area contributed by atoms with Crippen molar-refractivity contribution in [1.82, 2.24) is 14.7 Å². The second-order valence-corrected chi connectivity index (χ2v) is 10.00. The summed E-state index contributed by atoms with van der Waals surface area (Å²) >= 11 is 0. The topological polar surface area (TPSA) is 87.0 Å². The Morgan fingerprint density at radius 1 is 1.24 bits per heavy atom. The Balaban J connectivity index is 1.15. The number of rotatable bonds is 6. The van der Waals surface area contributed by atoms with Gasteiger partial charge in [-0.1, -0.05) is 17.3 Å². The number of hydrogen-bond donors (Lipinski definition) is 0. The van der Waals surface area contributed by atoms with Crippen molar-refractivity contribution >= 4 is 28.5 Å². The Bertz CT molecular complexity index is 1500. The fourth-order valence-corrected chi connectivity index (χ4v) is 5.58. The molecule has 2 fully saturated rings. The molecule has 3 heterocycles. The van der Waals surface area contributed by atoms with Crippen LogP contribution in [0.4, 0.5) is 16.2 Å². The van der Waals surface area contributed by atoms with Gasteiger partial charge in [0.05, 0.1) is 36.2 Å². The fraction of sp³-hybridized carbons (Fsp3) is 0.357. The molecule has 1 saturated heterocycles. The number of hydrogen-bond acceptors (Lipinski definition) is 6. The van der Waals surface area contributed by atoms with Gasteiger partial charge in [-0.2, -0.15) is 0 Å². The van der Waals surface area contributed by atoms with E-state index in [-0.39, 0.29) is 12.7 Å². The Labute approximate surface area is 214 Å². The van der Waals surface area contributed by atoms with Gasteiger partial charge in [-0.3, -0.25) is 4.90 Å². The molecule has 0 bridgehead atoms. The first-order valence-corrected chi connectivity index (χ1v) is 12.5. The van der Waals surface area contributed by atoms with Crippen molar-refractivity contribution in [1.29, 1.82) is 0 Å². The largest absolute Gasteiger partial charge is 0.487 e. The summed E-state index contributed by atoms with van der Waals surface area (Å²) in [6.45, 7) is 10.7. The number of carbonyl (C=O) groups is 1. The van der Waals surface area contributed by atoms with Crippen LogP contribution in [0.5, 0.6) is 5.75 Å². The van der Waals surface area contributed by atoms with Crippen LogP contribution >= 0.6 is 0 Å². The predicted molar refractivity (Wildman–Crippen MR) is 137 cm³/mol. The lowest BCUT2D eigenvalue weighted by atomic mass is 9.78. The number of nitrogens with zero attached hydrogens (tertiary/aromatic N) is 5. The zero-order chi connectivity index (χ0) is 25.4. The third-order valence-corrected chi connectivity index (χ3v) is 7.26. The van der Waals surface area contributed by atoms with Gasteiger partial charge in [0.1, 0.15) is 29.4 Å². The van der Waals surface area contributed by atoms with Crippen LogP contribution in [0.1, 0.15) is 37.1 Å². The van der Waals surface area contributed by atoms with E-state index in [0.717, 1.165) is 54.7 Å². The first-order chi connectivity index (χ1) is 18.0. The molecule has 9 heteroatoms. The van der Waals surface area contributed by atoms with E-state index < -0.39 is 5.60 Å². The number of anilines is 1. The molecule has 1 saturated carbocycles. The summed E-state index contributed by atoms with van der Waals surface area (Å²) in [5.41, 5.74) is 3.43. The molecule has 1 amide bonds. The number of carbonyl (C=O) groups excluding carboxylic acids is 1. The number of aryl methyl sites for hydroxylation is 1. The molecule has 2 aliphatic rings.